The van der Waals surface area contributed by atoms with E-state index in [1.54, 1.807) is 6.07 Å². The van der Waals surface area contributed by atoms with Crippen LogP contribution in [0.25, 0.3) is 0 Å². The molecule has 10 nitrogen and oxygen atoms in total. The van der Waals surface area contributed by atoms with E-state index < -0.39 is 10.9 Å². The number of nitrogens with one attached hydrogen (secondary N) is 1. The minimum Gasteiger partial charge on any atom is -0.478 e. The van der Waals surface area contributed by atoms with Gasteiger partial charge in [-0.1, -0.05) is 6.07 Å². The van der Waals surface area contributed by atoms with Gasteiger partial charge >= 0.3 is 5.97 Å². The van der Waals surface area contributed by atoms with Gasteiger partial charge in [0.2, 0.25) is 5.91 Å². The summed E-state index contributed by atoms with van der Waals surface area (Å²) in [4.78, 5) is 37.0. The highest BCUT2D eigenvalue weighted by Crippen LogP contribution is 2.30. The van der Waals surface area contributed by atoms with Gasteiger partial charge in [0.1, 0.15) is 5.69 Å². The van der Waals surface area contributed by atoms with Crippen molar-refractivity contribution in [2.75, 3.05) is 42.9 Å². The van der Waals surface area contributed by atoms with E-state index in [0.29, 0.717) is 18.8 Å². The molecule has 1 aliphatic rings. The summed E-state index contributed by atoms with van der Waals surface area (Å²) in [5, 5.41) is 23.4. The molecule has 0 unspecified atom stereocenters. The second-order valence-corrected chi connectivity index (χ2v) is 6.70. The number of hydrogen-bond acceptors (Lipinski definition) is 7. The number of carboxylic acids is 1. The highest BCUT2D eigenvalue weighted by atomic mass is 16.6. The number of carbonyl (C=O) groups is 2. The van der Waals surface area contributed by atoms with Crippen LogP contribution in [0.3, 0.4) is 0 Å². The van der Waals surface area contributed by atoms with Crippen molar-refractivity contribution in [3.63, 3.8) is 0 Å². The van der Waals surface area contributed by atoms with Crippen LogP contribution < -0.4 is 16.0 Å². The highest BCUT2D eigenvalue weighted by molar-refractivity contribution is 5.90. The van der Waals surface area contributed by atoms with Crippen molar-refractivity contribution in [2.24, 2.45) is 5.73 Å². The van der Waals surface area contributed by atoms with Crippen molar-refractivity contribution in [2.45, 2.75) is 0 Å². The SMILES string of the molecule is NC(=O)CN1CCN(c2cccc(Nc3ccc(C(=O)O)cc3[N+](=O)[O-])c2)CC1. The van der Waals surface area contributed by atoms with E-state index in [9.17, 15) is 19.7 Å². The number of nitro groups is 1. The van der Waals surface area contributed by atoms with Gasteiger partial charge in [0, 0.05) is 43.6 Å². The molecule has 1 amide bonds. The van der Waals surface area contributed by atoms with Gasteiger partial charge in [0.05, 0.1) is 17.0 Å². The zero-order valence-corrected chi connectivity index (χ0v) is 15.6. The van der Waals surface area contributed by atoms with E-state index in [4.69, 9.17) is 10.8 Å². The number of nitrogens with zero attached hydrogens (tertiary/aromatic N) is 3. The Morgan fingerprint density at radius 3 is 2.48 bits per heavy atom. The molecule has 0 aromatic heterocycles. The number of carbonyl (C=O) groups excluding carboxylic acids is 1. The average Bonchev–Trinajstić information content (AvgIpc) is 2.68. The Bertz CT molecular complexity index is 940. The summed E-state index contributed by atoms with van der Waals surface area (Å²) in [6.07, 6.45) is 0. The lowest BCUT2D eigenvalue weighted by Crippen LogP contribution is -2.48. The van der Waals surface area contributed by atoms with Crippen LogP contribution in [0.1, 0.15) is 10.4 Å². The Kier molecular flexibility index (Phi) is 5.93. The summed E-state index contributed by atoms with van der Waals surface area (Å²) in [5.41, 5.74) is 6.58. The van der Waals surface area contributed by atoms with Gasteiger partial charge in [-0.15, -0.1) is 0 Å². The third-order valence-electron chi connectivity index (χ3n) is 4.68. The Morgan fingerprint density at radius 1 is 1.14 bits per heavy atom. The number of anilines is 3. The Morgan fingerprint density at radius 2 is 1.86 bits per heavy atom. The summed E-state index contributed by atoms with van der Waals surface area (Å²) >= 11 is 0. The van der Waals surface area contributed by atoms with Crippen LogP contribution in [0.2, 0.25) is 0 Å². The first kappa shape index (κ1) is 20.1. The molecule has 2 aromatic carbocycles. The lowest BCUT2D eigenvalue weighted by Gasteiger charge is -2.35. The molecule has 29 heavy (non-hydrogen) atoms. The fourth-order valence-corrected chi connectivity index (χ4v) is 3.24. The largest absolute Gasteiger partial charge is 0.478 e. The number of amides is 1. The normalized spacial score (nSPS) is 14.4. The molecule has 2 aromatic rings. The fraction of sp³-hybridized carbons (Fsp3) is 0.263. The average molecular weight is 399 g/mol. The lowest BCUT2D eigenvalue weighted by molar-refractivity contribution is -0.383. The second kappa shape index (κ2) is 8.57. The third kappa shape index (κ3) is 4.99. The number of benzene rings is 2. The van der Waals surface area contributed by atoms with Crippen LogP contribution in [0, 0.1) is 10.1 Å². The van der Waals surface area contributed by atoms with Gasteiger partial charge in [-0.05, 0) is 30.3 Å². The first-order valence-electron chi connectivity index (χ1n) is 8.98. The van der Waals surface area contributed by atoms with E-state index in [2.05, 4.69) is 10.2 Å². The second-order valence-electron chi connectivity index (χ2n) is 6.70. The molecule has 0 spiro atoms. The zero-order chi connectivity index (χ0) is 21.0. The number of hydrogen-bond donors (Lipinski definition) is 3. The number of primary amides is 1. The highest BCUT2D eigenvalue weighted by Gasteiger charge is 2.20. The van der Waals surface area contributed by atoms with Gasteiger partial charge in [-0.3, -0.25) is 19.8 Å². The van der Waals surface area contributed by atoms with Gasteiger partial charge in [-0.25, -0.2) is 4.79 Å². The molecule has 10 heteroatoms. The van der Waals surface area contributed by atoms with Crippen LogP contribution >= 0.6 is 0 Å². The van der Waals surface area contributed by atoms with Crippen molar-refractivity contribution < 1.29 is 19.6 Å². The quantitative estimate of drug-likeness (QED) is 0.471. The molecule has 152 valence electrons. The van der Waals surface area contributed by atoms with Crippen molar-refractivity contribution >= 4 is 34.6 Å². The predicted molar refractivity (Wildman–Crippen MR) is 108 cm³/mol. The summed E-state index contributed by atoms with van der Waals surface area (Å²) in [6.45, 7) is 3.12. The predicted octanol–water partition coefficient (Wildman–Crippen LogP) is 1.64. The van der Waals surface area contributed by atoms with E-state index in [-0.39, 0.29) is 29.4 Å². The summed E-state index contributed by atoms with van der Waals surface area (Å²) in [7, 11) is 0. The Balaban J connectivity index is 1.75. The smallest absolute Gasteiger partial charge is 0.335 e. The number of aromatic carboxylic acids is 1. The number of rotatable bonds is 7. The maximum atomic E-state index is 11.3. The number of nitro benzene ring substituents is 1. The first-order chi connectivity index (χ1) is 13.8. The standard InChI is InChI=1S/C19H21N5O5/c20-18(25)12-22-6-8-23(9-7-22)15-3-1-2-14(11-15)21-16-5-4-13(19(26)27)10-17(16)24(28)29/h1-5,10-11,21H,6-9,12H2,(H2,20,25)(H,26,27). The Labute approximate surface area is 166 Å². The molecule has 1 aliphatic heterocycles. The maximum absolute atomic E-state index is 11.3. The summed E-state index contributed by atoms with van der Waals surface area (Å²) in [6, 6.07) is 11.2. The molecule has 4 N–H and O–H groups in total. The van der Waals surface area contributed by atoms with Crippen molar-refractivity contribution in [1.29, 1.82) is 0 Å². The maximum Gasteiger partial charge on any atom is 0.335 e. The third-order valence-corrected chi connectivity index (χ3v) is 4.68. The monoisotopic (exact) mass is 399 g/mol. The van der Waals surface area contributed by atoms with Crippen LogP contribution in [-0.2, 0) is 4.79 Å². The number of carboxylic acid groups (broad SMARTS) is 1. The molecule has 3 rings (SSSR count). The van der Waals surface area contributed by atoms with Crippen LogP contribution in [0.15, 0.2) is 42.5 Å². The van der Waals surface area contributed by atoms with Gasteiger partial charge in [0.15, 0.2) is 0 Å². The summed E-state index contributed by atoms with van der Waals surface area (Å²) in [5.74, 6) is -1.57. The van der Waals surface area contributed by atoms with E-state index >= 15 is 0 Å². The molecule has 1 fully saturated rings. The van der Waals surface area contributed by atoms with Crippen LogP contribution in [0.5, 0.6) is 0 Å². The lowest BCUT2D eigenvalue weighted by atomic mass is 10.1. The van der Waals surface area contributed by atoms with Crippen LogP contribution in [0.4, 0.5) is 22.7 Å². The molecular formula is C19H21N5O5. The van der Waals surface area contributed by atoms with E-state index in [1.165, 1.54) is 12.1 Å². The van der Waals surface area contributed by atoms with Gasteiger partial charge in [0.25, 0.3) is 5.69 Å². The molecule has 1 saturated heterocycles. The molecule has 0 saturated carbocycles. The first-order valence-corrected chi connectivity index (χ1v) is 8.98. The molecule has 0 atom stereocenters. The summed E-state index contributed by atoms with van der Waals surface area (Å²) < 4.78 is 0. The van der Waals surface area contributed by atoms with E-state index in [1.807, 2.05) is 23.1 Å². The zero-order valence-electron chi connectivity index (χ0n) is 15.6. The van der Waals surface area contributed by atoms with Crippen molar-refractivity contribution in [3.8, 4) is 0 Å². The molecule has 0 bridgehead atoms. The topological polar surface area (TPSA) is 142 Å². The number of piperazine rings is 1. The minimum absolute atomic E-state index is 0.148. The molecule has 1 heterocycles. The number of nitrogens with two attached hydrogens (primary N) is 1. The van der Waals surface area contributed by atoms with Gasteiger partial charge < -0.3 is 21.1 Å². The van der Waals surface area contributed by atoms with Crippen molar-refractivity contribution in [3.05, 3.63) is 58.1 Å². The minimum atomic E-state index is -1.22. The molecule has 0 aliphatic carbocycles. The van der Waals surface area contributed by atoms with Crippen molar-refractivity contribution in [1.82, 2.24) is 4.90 Å². The molecule has 0 radical (unpaired) electrons. The Hall–Kier alpha value is -3.66. The van der Waals surface area contributed by atoms with Gasteiger partial charge in [-0.2, -0.15) is 0 Å². The van der Waals surface area contributed by atoms with Crippen LogP contribution in [-0.4, -0.2) is 59.5 Å². The molecular weight excluding hydrogens is 378 g/mol. The van der Waals surface area contributed by atoms with E-state index in [0.717, 1.165) is 24.8 Å². The fourth-order valence-electron chi connectivity index (χ4n) is 3.24.